The maximum absolute atomic E-state index is 5.90. The maximum atomic E-state index is 5.90. The highest BCUT2D eigenvalue weighted by molar-refractivity contribution is 6.29. The molecule has 0 unspecified atom stereocenters. The number of aryl methyl sites for hydroxylation is 1. The topological polar surface area (TPSA) is 22.1 Å². The Morgan fingerprint density at radius 1 is 1.31 bits per heavy atom. The number of nitrogens with zero attached hydrogens (tertiary/aromatic N) is 1. The van der Waals surface area contributed by atoms with E-state index in [9.17, 15) is 0 Å². The molecule has 0 bridgehead atoms. The molecule has 0 radical (unpaired) electrons. The number of hydrogen-bond acceptors (Lipinski definition) is 2. The molecule has 0 aliphatic rings. The van der Waals surface area contributed by atoms with Gasteiger partial charge in [0.15, 0.2) is 0 Å². The number of halogens is 1. The summed E-state index contributed by atoms with van der Waals surface area (Å²) in [6, 6.07) is 7.76. The van der Waals surface area contributed by atoms with Gasteiger partial charge in [0, 0.05) is 5.39 Å². The lowest BCUT2D eigenvalue weighted by atomic mass is 10.1. The van der Waals surface area contributed by atoms with Crippen LogP contribution in [0.1, 0.15) is 18.9 Å². The van der Waals surface area contributed by atoms with E-state index in [2.05, 4.69) is 11.9 Å². The van der Waals surface area contributed by atoms with E-state index in [1.807, 2.05) is 31.2 Å². The van der Waals surface area contributed by atoms with E-state index >= 15 is 0 Å². The molecule has 0 N–H and O–H groups in total. The van der Waals surface area contributed by atoms with E-state index in [1.165, 1.54) is 0 Å². The Kier molecular flexibility index (Phi) is 3.30. The molecule has 2 nitrogen and oxygen atoms in total. The summed E-state index contributed by atoms with van der Waals surface area (Å²) in [4.78, 5) is 4.27. The Labute approximate surface area is 100 Å². The SMILES string of the molecule is CCCOc1ccc2nc(Cl)cc(C)c2c1. The number of pyridine rings is 1. The van der Waals surface area contributed by atoms with Crippen LogP contribution in [0.5, 0.6) is 5.75 Å². The molecule has 84 valence electrons. The average Bonchev–Trinajstić information content (AvgIpc) is 2.26. The van der Waals surface area contributed by atoms with Crippen LogP contribution in [0, 0.1) is 6.92 Å². The number of rotatable bonds is 3. The van der Waals surface area contributed by atoms with Gasteiger partial charge in [-0.1, -0.05) is 18.5 Å². The summed E-state index contributed by atoms with van der Waals surface area (Å²) in [5.41, 5.74) is 2.03. The van der Waals surface area contributed by atoms with Crippen molar-refractivity contribution in [1.29, 1.82) is 0 Å². The molecule has 0 saturated heterocycles. The highest BCUT2D eigenvalue weighted by Crippen LogP contribution is 2.24. The number of aromatic nitrogens is 1. The molecule has 2 rings (SSSR count). The van der Waals surface area contributed by atoms with Crippen LogP contribution in [0.3, 0.4) is 0 Å². The van der Waals surface area contributed by atoms with Crippen LogP contribution in [-0.2, 0) is 0 Å². The van der Waals surface area contributed by atoms with Gasteiger partial charge in [0.25, 0.3) is 0 Å². The van der Waals surface area contributed by atoms with Crippen LogP contribution >= 0.6 is 11.6 Å². The van der Waals surface area contributed by atoms with E-state index in [1.54, 1.807) is 0 Å². The first-order chi connectivity index (χ1) is 7.70. The van der Waals surface area contributed by atoms with E-state index < -0.39 is 0 Å². The zero-order chi connectivity index (χ0) is 11.5. The summed E-state index contributed by atoms with van der Waals surface area (Å²) in [7, 11) is 0. The fourth-order valence-corrected chi connectivity index (χ4v) is 1.90. The second kappa shape index (κ2) is 4.71. The van der Waals surface area contributed by atoms with Crippen molar-refractivity contribution < 1.29 is 4.74 Å². The van der Waals surface area contributed by atoms with Crippen LogP contribution in [-0.4, -0.2) is 11.6 Å². The van der Waals surface area contributed by atoms with Gasteiger partial charge in [-0.2, -0.15) is 0 Å². The van der Waals surface area contributed by atoms with E-state index in [0.29, 0.717) is 5.15 Å². The quantitative estimate of drug-likeness (QED) is 0.751. The molecule has 3 heteroatoms. The fraction of sp³-hybridized carbons (Fsp3) is 0.308. The molecule has 0 spiro atoms. The normalized spacial score (nSPS) is 10.7. The van der Waals surface area contributed by atoms with Crippen molar-refractivity contribution in [3.63, 3.8) is 0 Å². The number of ether oxygens (including phenoxy) is 1. The minimum absolute atomic E-state index is 0.534. The van der Waals surface area contributed by atoms with Gasteiger partial charge in [-0.25, -0.2) is 4.98 Å². The van der Waals surface area contributed by atoms with Crippen molar-refractivity contribution >= 4 is 22.5 Å². The molecule has 0 amide bonds. The minimum Gasteiger partial charge on any atom is -0.494 e. The Morgan fingerprint density at radius 3 is 2.88 bits per heavy atom. The minimum atomic E-state index is 0.534. The predicted molar refractivity (Wildman–Crippen MR) is 67.3 cm³/mol. The fourth-order valence-electron chi connectivity index (χ4n) is 1.64. The number of hydrogen-bond donors (Lipinski definition) is 0. The zero-order valence-corrected chi connectivity index (χ0v) is 10.2. The second-order valence-corrected chi connectivity index (χ2v) is 4.18. The molecule has 16 heavy (non-hydrogen) atoms. The molecule has 1 aromatic heterocycles. The van der Waals surface area contributed by atoms with E-state index in [-0.39, 0.29) is 0 Å². The summed E-state index contributed by atoms with van der Waals surface area (Å²) < 4.78 is 5.59. The van der Waals surface area contributed by atoms with Crippen molar-refractivity contribution in [3.05, 3.63) is 35.0 Å². The molecular formula is C13H14ClNO. The lowest BCUT2D eigenvalue weighted by Gasteiger charge is -2.07. The molecule has 0 aliphatic carbocycles. The van der Waals surface area contributed by atoms with Gasteiger partial charge in [-0.15, -0.1) is 0 Å². The standard InChI is InChI=1S/C13H14ClNO/c1-3-6-16-10-4-5-12-11(8-10)9(2)7-13(14)15-12/h4-5,7-8H,3,6H2,1-2H3. The average molecular weight is 236 g/mol. The Hall–Kier alpha value is -1.28. The lowest BCUT2D eigenvalue weighted by molar-refractivity contribution is 0.318. The third-order valence-corrected chi connectivity index (χ3v) is 2.62. The van der Waals surface area contributed by atoms with Crippen LogP contribution in [0.25, 0.3) is 10.9 Å². The van der Waals surface area contributed by atoms with Crippen molar-refractivity contribution in [1.82, 2.24) is 4.98 Å². The van der Waals surface area contributed by atoms with Crippen molar-refractivity contribution in [2.75, 3.05) is 6.61 Å². The highest BCUT2D eigenvalue weighted by Gasteiger charge is 2.03. The number of benzene rings is 1. The van der Waals surface area contributed by atoms with Gasteiger partial charge in [-0.05, 0) is 43.2 Å². The summed E-state index contributed by atoms with van der Waals surface area (Å²) in [5, 5.41) is 1.63. The summed E-state index contributed by atoms with van der Waals surface area (Å²) in [6.07, 6.45) is 1.01. The van der Waals surface area contributed by atoms with Crippen LogP contribution < -0.4 is 4.74 Å². The Balaban J connectivity index is 2.45. The smallest absolute Gasteiger partial charge is 0.130 e. The van der Waals surface area contributed by atoms with Gasteiger partial charge >= 0.3 is 0 Å². The van der Waals surface area contributed by atoms with Crippen molar-refractivity contribution in [2.24, 2.45) is 0 Å². The third-order valence-electron chi connectivity index (χ3n) is 2.43. The highest BCUT2D eigenvalue weighted by atomic mass is 35.5. The van der Waals surface area contributed by atoms with Gasteiger partial charge < -0.3 is 4.74 Å². The monoisotopic (exact) mass is 235 g/mol. The third kappa shape index (κ3) is 2.27. The van der Waals surface area contributed by atoms with Gasteiger partial charge in [0.1, 0.15) is 10.9 Å². The van der Waals surface area contributed by atoms with E-state index in [4.69, 9.17) is 16.3 Å². The molecule has 0 fully saturated rings. The largest absolute Gasteiger partial charge is 0.494 e. The van der Waals surface area contributed by atoms with Crippen LogP contribution in [0.2, 0.25) is 5.15 Å². The number of fused-ring (bicyclic) bond motifs is 1. The first-order valence-electron chi connectivity index (χ1n) is 5.40. The molecule has 1 heterocycles. The molecule has 2 aromatic rings. The first kappa shape index (κ1) is 11.2. The summed E-state index contributed by atoms with van der Waals surface area (Å²) in [5.74, 6) is 0.890. The predicted octanol–water partition coefficient (Wildman–Crippen LogP) is 3.99. The molecule has 0 saturated carbocycles. The summed E-state index contributed by atoms with van der Waals surface area (Å²) >= 11 is 5.90. The summed E-state index contributed by atoms with van der Waals surface area (Å²) in [6.45, 7) is 4.86. The second-order valence-electron chi connectivity index (χ2n) is 3.79. The van der Waals surface area contributed by atoms with Crippen LogP contribution in [0.4, 0.5) is 0 Å². The van der Waals surface area contributed by atoms with E-state index in [0.717, 1.165) is 35.2 Å². The van der Waals surface area contributed by atoms with Crippen LogP contribution in [0.15, 0.2) is 24.3 Å². The maximum Gasteiger partial charge on any atom is 0.130 e. The lowest BCUT2D eigenvalue weighted by Crippen LogP contribution is -1.95. The van der Waals surface area contributed by atoms with Gasteiger partial charge in [0.2, 0.25) is 0 Å². The van der Waals surface area contributed by atoms with Crippen molar-refractivity contribution in [2.45, 2.75) is 20.3 Å². The molecule has 1 aromatic carbocycles. The van der Waals surface area contributed by atoms with Gasteiger partial charge in [0.05, 0.1) is 12.1 Å². The Bertz CT molecular complexity index is 511. The molecule has 0 aliphatic heterocycles. The zero-order valence-electron chi connectivity index (χ0n) is 9.46. The van der Waals surface area contributed by atoms with Gasteiger partial charge in [-0.3, -0.25) is 0 Å². The molecule has 0 atom stereocenters. The molecular weight excluding hydrogens is 222 g/mol. The first-order valence-corrected chi connectivity index (χ1v) is 5.78. The Morgan fingerprint density at radius 2 is 2.12 bits per heavy atom. The van der Waals surface area contributed by atoms with Crippen molar-refractivity contribution in [3.8, 4) is 5.75 Å².